The van der Waals surface area contributed by atoms with Crippen molar-refractivity contribution in [2.24, 2.45) is 0 Å². The zero-order valence-electron chi connectivity index (χ0n) is 17.6. The summed E-state index contributed by atoms with van der Waals surface area (Å²) in [4.78, 5) is 0. The fourth-order valence-electron chi connectivity index (χ4n) is 4.24. The Morgan fingerprint density at radius 2 is 1.12 bits per heavy atom. The SMILES string of the molecule is Oc1ccc(/C=C\c2ccc3c(c2)[C@H](c2cc(O)cc(O)c2)[C@@H](c2ccc(O)cc2)O3)cc1. The molecule has 0 amide bonds. The van der Waals surface area contributed by atoms with E-state index in [1.54, 1.807) is 36.4 Å². The van der Waals surface area contributed by atoms with Crippen LogP contribution < -0.4 is 4.74 Å². The molecule has 4 N–H and O–H groups in total. The predicted octanol–water partition coefficient (Wildman–Crippen LogP) is 5.95. The zero-order valence-corrected chi connectivity index (χ0v) is 17.6. The van der Waals surface area contributed by atoms with Crippen molar-refractivity contribution in [3.05, 3.63) is 113 Å². The van der Waals surface area contributed by atoms with E-state index >= 15 is 0 Å². The van der Waals surface area contributed by atoms with E-state index in [4.69, 9.17) is 4.74 Å². The standard InChI is InChI=1S/C28H22O5/c29-21-8-3-17(4-9-21)1-2-18-5-12-26-25(13-18)27(20-14-23(31)16-24(32)15-20)28(33-26)19-6-10-22(30)11-7-19/h1-16,27-32H/b2-1-/t27-,28+/m0/s1. The van der Waals surface area contributed by atoms with Gasteiger partial charge >= 0.3 is 0 Å². The topological polar surface area (TPSA) is 90.2 Å². The van der Waals surface area contributed by atoms with E-state index < -0.39 is 6.10 Å². The molecule has 2 atom stereocenters. The summed E-state index contributed by atoms with van der Waals surface area (Å²) in [6.45, 7) is 0. The molecular formula is C28H22O5. The van der Waals surface area contributed by atoms with Gasteiger partial charge in [-0.15, -0.1) is 0 Å². The van der Waals surface area contributed by atoms with Gasteiger partial charge in [-0.1, -0.05) is 42.5 Å². The smallest absolute Gasteiger partial charge is 0.135 e. The average Bonchev–Trinajstić information content (AvgIpc) is 3.17. The van der Waals surface area contributed by atoms with Crippen LogP contribution in [0.25, 0.3) is 12.2 Å². The van der Waals surface area contributed by atoms with Gasteiger partial charge in [-0.2, -0.15) is 0 Å². The molecule has 1 heterocycles. The largest absolute Gasteiger partial charge is 0.508 e. The third-order valence-electron chi connectivity index (χ3n) is 5.79. The minimum atomic E-state index is -0.391. The highest BCUT2D eigenvalue weighted by Crippen LogP contribution is 2.50. The molecule has 0 saturated heterocycles. The lowest BCUT2D eigenvalue weighted by Crippen LogP contribution is -2.11. The maximum atomic E-state index is 10.1. The molecule has 4 aromatic carbocycles. The first-order valence-corrected chi connectivity index (χ1v) is 10.6. The summed E-state index contributed by atoms with van der Waals surface area (Å²) in [5.41, 5.74) is 4.46. The third-order valence-corrected chi connectivity index (χ3v) is 5.79. The molecule has 0 saturated carbocycles. The number of hydrogen-bond acceptors (Lipinski definition) is 5. The van der Waals surface area contributed by atoms with E-state index in [2.05, 4.69) is 0 Å². The van der Waals surface area contributed by atoms with Gasteiger partial charge in [0.1, 0.15) is 34.9 Å². The lowest BCUT2D eigenvalue weighted by Gasteiger charge is -2.20. The molecule has 5 heteroatoms. The van der Waals surface area contributed by atoms with Crippen molar-refractivity contribution in [3.63, 3.8) is 0 Å². The minimum Gasteiger partial charge on any atom is -0.508 e. The molecule has 1 aliphatic heterocycles. The molecule has 4 aromatic rings. The van der Waals surface area contributed by atoms with Gasteiger partial charge in [-0.25, -0.2) is 0 Å². The van der Waals surface area contributed by atoms with Crippen LogP contribution >= 0.6 is 0 Å². The van der Waals surface area contributed by atoms with Crippen LogP contribution in [-0.4, -0.2) is 20.4 Å². The molecule has 5 nitrogen and oxygen atoms in total. The van der Waals surface area contributed by atoms with Crippen molar-refractivity contribution in [2.75, 3.05) is 0 Å². The molecule has 0 aliphatic carbocycles. The molecule has 33 heavy (non-hydrogen) atoms. The third kappa shape index (κ3) is 4.21. The van der Waals surface area contributed by atoms with Crippen molar-refractivity contribution < 1.29 is 25.2 Å². The summed E-state index contributed by atoms with van der Waals surface area (Å²) >= 11 is 0. The number of hydrogen-bond donors (Lipinski definition) is 4. The number of benzene rings is 4. The van der Waals surface area contributed by atoms with Crippen LogP contribution in [0.3, 0.4) is 0 Å². The quantitative estimate of drug-likeness (QED) is 0.296. The lowest BCUT2D eigenvalue weighted by molar-refractivity contribution is 0.222. The minimum absolute atomic E-state index is 0.0220. The Bertz CT molecular complexity index is 1300. The number of phenols is 4. The Balaban J connectivity index is 1.56. The van der Waals surface area contributed by atoms with Crippen molar-refractivity contribution >= 4 is 12.2 Å². The van der Waals surface area contributed by atoms with Gasteiger partial charge in [0.05, 0.1) is 5.92 Å². The monoisotopic (exact) mass is 438 g/mol. The van der Waals surface area contributed by atoms with Gasteiger partial charge < -0.3 is 25.2 Å². The molecule has 164 valence electrons. The van der Waals surface area contributed by atoms with E-state index in [0.717, 1.165) is 33.6 Å². The summed E-state index contributed by atoms with van der Waals surface area (Å²) in [5, 5.41) is 39.4. The van der Waals surface area contributed by atoms with Gasteiger partial charge in [0.15, 0.2) is 0 Å². The summed E-state index contributed by atoms with van der Waals surface area (Å²) < 4.78 is 6.31. The van der Waals surface area contributed by atoms with Crippen molar-refractivity contribution in [3.8, 4) is 28.7 Å². The average molecular weight is 438 g/mol. The maximum Gasteiger partial charge on any atom is 0.135 e. The van der Waals surface area contributed by atoms with Crippen LogP contribution in [0.4, 0.5) is 0 Å². The van der Waals surface area contributed by atoms with Gasteiger partial charge in [-0.05, 0) is 70.8 Å². The molecule has 0 aromatic heterocycles. The summed E-state index contributed by atoms with van der Waals surface area (Å²) in [6.07, 6.45) is 3.55. The molecule has 5 rings (SSSR count). The fraction of sp³-hybridized carbons (Fsp3) is 0.0714. The van der Waals surface area contributed by atoms with Crippen LogP contribution in [0.5, 0.6) is 28.7 Å². The van der Waals surface area contributed by atoms with Crippen LogP contribution in [0, 0.1) is 0 Å². The number of aromatic hydroxyl groups is 4. The van der Waals surface area contributed by atoms with Crippen LogP contribution in [-0.2, 0) is 0 Å². The van der Waals surface area contributed by atoms with E-state index in [-0.39, 0.29) is 28.9 Å². The molecule has 1 aliphatic rings. The van der Waals surface area contributed by atoms with Crippen molar-refractivity contribution in [1.82, 2.24) is 0 Å². The molecule has 0 radical (unpaired) electrons. The zero-order chi connectivity index (χ0) is 22.9. The predicted molar refractivity (Wildman–Crippen MR) is 127 cm³/mol. The van der Waals surface area contributed by atoms with E-state index in [1.807, 2.05) is 54.6 Å². The van der Waals surface area contributed by atoms with E-state index in [9.17, 15) is 20.4 Å². The van der Waals surface area contributed by atoms with Crippen molar-refractivity contribution in [2.45, 2.75) is 12.0 Å². The van der Waals surface area contributed by atoms with E-state index in [0.29, 0.717) is 0 Å². The maximum absolute atomic E-state index is 10.1. The summed E-state index contributed by atoms with van der Waals surface area (Å²) in [5.74, 6) is 0.798. The van der Waals surface area contributed by atoms with Gasteiger partial charge in [0.25, 0.3) is 0 Å². The van der Waals surface area contributed by atoms with E-state index in [1.165, 1.54) is 6.07 Å². The Labute approximate surface area is 191 Å². The highest BCUT2D eigenvalue weighted by molar-refractivity contribution is 5.71. The highest BCUT2D eigenvalue weighted by Gasteiger charge is 2.37. The molecule has 0 bridgehead atoms. The van der Waals surface area contributed by atoms with Crippen LogP contribution in [0.1, 0.15) is 39.8 Å². The molecule has 0 unspecified atom stereocenters. The number of rotatable bonds is 4. The lowest BCUT2D eigenvalue weighted by atomic mass is 9.84. The van der Waals surface area contributed by atoms with Crippen LogP contribution in [0.2, 0.25) is 0 Å². The number of ether oxygens (including phenoxy) is 1. The Morgan fingerprint density at radius 3 is 1.79 bits per heavy atom. The second-order valence-corrected chi connectivity index (χ2v) is 8.11. The Morgan fingerprint density at radius 1 is 0.545 bits per heavy atom. The van der Waals surface area contributed by atoms with Gasteiger partial charge in [0, 0.05) is 11.6 Å². The summed E-state index contributed by atoms with van der Waals surface area (Å²) in [7, 11) is 0. The molecule has 0 spiro atoms. The molecular weight excluding hydrogens is 416 g/mol. The first-order chi connectivity index (χ1) is 16.0. The van der Waals surface area contributed by atoms with Gasteiger partial charge in [-0.3, -0.25) is 0 Å². The van der Waals surface area contributed by atoms with Crippen molar-refractivity contribution in [1.29, 1.82) is 0 Å². The Kier molecular flexibility index (Phi) is 5.15. The first kappa shape index (κ1) is 20.5. The molecule has 0 fully saturated rings. The fourth-order valence-corrected chi connectivity index (χ4v) is 4.24. The number of phenolic OH excluding ortho intramolecular Hbond substituents is 4. The Hall–Kier alpha value is -4.38. The normalized spacial score (nSPS) is 17.1. The van der Waals surface area contributed by atoms with Gasteiger partial charge in [0.2, 0.25) is 0 Å². The summed E-state index contributed by atoms with van der Waals surface area (Å²) in [6, 6.07) is 24.3. The second kappa shape index (κ2) is 8.28. The second-order valence-electron chi connectivity index (χ2n) is 8.11. The number of fused-ring (bicyclic) bond motifs is 1. The van der Waals surface area contributed by atoms with Crippen LogP contribution in [0.15, 0.2) is 84.9 Å². The first-order valence-electron chi connectivity index (χ1n) is 10.6. The highest BCUT2D eigenvalue weighted by atomic mass is 16.5.